The van der Waals surface area contributed by atoms with Crippen LogP contribution in [0, 0.1) is 34.5 Å². The predicted molar refractivity (Wildman–Crippen MR) is 130 cm³/mol. The van der Waals surface area contributed by atoms with E-state index in [1.807, 2.05) is 0 Å². The maximum atomic E-state index is 11.2. The lowest BCUT2D eigenvalue weighted by Crippen LogP contribution is -2.56. The first kappa shape index (κ1) is 20.0. The summed E-state index contributed by atoms with van der Waals surface area (Å²) >= 11 is 0. The van der Waals surface area contributed by atoms with Crippen LogP contribution in [0.15, 0.2) is 48.5 Å². The van der Waals surface area contributed by atoms with Crippen molar-refractivity contribution in [3.05, 3.63) is 59.7 Å². The van der Waals surface area contributed by atoms with Gasteiger partial charge < -0.3 is 5.11 Å². The van der Waals surface area contributed by atoms with Crippen molar-refractivity contribution in [2.24, 2.45) is 34.5 Å². The zero-order valence-corrected chi connectivity index (χ0v) is 19.5. The number of aliphatic hydroxyl groups is 1. The fourth-order valence-corrected chi connectivity index (χ4v) is 8.86. The highest BCUT2D eigenvalue weighted by atomic mass is 16.3. The van der Waals surface area contributed by atoms with Crippen molar-refractivity contribution in [2.75, 3.05) is 0 Å². The van der Waals surface area contributed by atoms with Crippen LogP contribution >= 0.6 is 0 Å². The van der Waals surface area contributed by atoms with E-state index in [1.54, 1.807) is 11.1 Å². The Morgan fingerprint density at radius 3 is 2.39 bits per heavy atom. The molecule has 6 rings (SSSR count). The first-order chi connectivity index (χ1) is 14.8. The zero-order chi connectivity index (χ0) is 21.4. The van der Waals surface area contributed by atoms with Gasteiger partial charge in [-0.25, -0.2) is 0 Å². The molecule has 31 heavy (non-hydrogen) atoms. The van der Waals surface area contributed by atoms with Crippen molar-refractivity contribution < 1.29 is 6.53 Å². The highest BCUT2D eigenvalue weighted by molar-refractivity contribution is 5.65. The minimum atomic E-state index is -0.465. The molecule has 0 amide bonds. The van der Waals surface area contributed by atoms with Gasteiger partial charge in [-0.15, -0.1) is 0 Å². The van der Waals surface area contributed by atoms with Gasteiger partial charge in [0, 0.05) is 1.43 Å². The van der Waals surface area contributed by atoms with Crippen LogP contribution in [0.4, 0.5) is 0 Å². The molecule has 3 fully saturated rings. The van der Waals surface area contributed by atoms with Crippen LogP contribution in [0.3, 0.4) is 0 Å². The predicted octanol–water partition coefficient (Wildman–Crippen LogP) is 7.31. The van der Waals surface area contributed by atoms with Crippen molar-refractivity contribution in [3.63, 3.8) is 0 Å². The van der Waals surface area contributed by atoms with Crippen molar-refractivity contribution in [3.8, 4) is 11.1 Å². The molecule has 0 saturated heterocycles. The summed E-state index contributed by atoms with van der Waals surface area (Å²) in [4.78, 5) is 0. The van der Waals surface area contributed by atoms with Crippen molar-refractivity contribution in [1.29, 1.82) is 0 Å². The van der Waals surface area contributed by atoms with Crippen molar-refractivity contribution in [1.82, 2.24) is 0 Å². The Morgan fingerprint density at radius 1 is 0.806 bits per heavy atom. The Balaban J connectivity index is 0.00000216. The second kappa shape index (κ2) is 6.70. The lowest BCUT2D eigenvalue weighted by Gasteiger charge is -2.61. The van der Waals surface area contributed by atoms with E-state index in [1.165, 1.54) is 56.1 Å². The van der Waals surface area contributed by atoms with Gasteiger partial charge in [-0.1, -0.05) is 62.4 Å². The smallest absolute Gasteiger partial charge is 0.0675 e. The molecule has 1 N–H and O–H groups in total. The van der Waals surface area contributed by atoms with E-state index in [9.17, 15) is 5.11 Å². The minimum absolute atomic E-state index is 0. The second-order valence-corrected chi connectivity index (χ2v) is 12.2. The first-order valence-electron chi connectivity index (χ1n) is 12.7. The standard InChI is InChI=1S/C30H38O.H2/c1-28-19-22-10-9-21(20-7-5-4-6-8-20)17-23(22)18-24(28)11-12-25-26(28)13-15-29(2)27(25)14-16-30(29,3)31;/h4-10,17,24-27,31H,11-16,18-19H2,1-3H3;1H. The maximum Gasteiger partial charge on any atom is 0.0675 e. The third-order valence-corrected chi connectivity index (χ3v) is 11.0. The molecular weight excluding hydrogens is 376 g/mol. The van der Waals surface area contributed by atoms with Gasteiger partial charge in [-0.2, -0.15) is 0 Å². The van der Waals surface area contributed by atoms with Gasteiger partial charge in [0.15, 0.2) is 0 Å². The van der Waals surface area contributed by atoms with Crippen molar-refractivity contribution >= 4 is 0 Å². The molecule has 7 unspecified atom stereocenters. The molecule has 7 atom stereocenters. The van der Waals surface area contributed by atoms with Gasteiger partial charge in [0.2, 0.25) is 0 Å². The van der Waals surface area contributed by atoms with Crippen molar-refractivity contribution in [2.45, 2.75) is 77.7 Å². The first-order valence-corrected chi connectivity index (χ1v) is 12.7. The molecule has 1 heteroatoms. The molecule has 0 aromatic heterocycles. The summed E-state index contributed by atoms with van der Waals surface area (Å²) in [6.45, 7) is 7.18. The van der Waals surface area contributed by atoms with E-state index in [4.69, 9.17) is 0 Å². The molecule has 0 aliphatic heterocycles. The van der Waals surface area contributed by atoms with Crippen LogP contribution in [-0.4, -0.2) is 10.7 Å². The Morgan fingerprint density at radius 2 is 1.58 bits per heavy atom. The summed E-state index contributed by atoms with van der Waals surface area (Å²) in [5, 5.41) is 11.2. The topological polar surface area (TPSA) is 20.2 Å². The molecule has 4 aliphatic rings. The number of fused-ring (bicyclic) bond motifs is 6. The molecular formula is C30H40O. The van der Waals surface area contributed by atoms with E-state index in [0.717, 1.165) is 30.1 Å². The largest absolute Gasteiger partial charge is 0.390 e. The van der Waals surface area contributed by atoms with Crippen LogP contribution in [-0.2, 0) is 12.8 Å². The number of benzene rings is 2. The van der Waals surface area contributed by atoms with Gasteiger partial charge in [0.25, 0.3) is 0 Å². The van der Waals surface area contributed by atoms with Gasteiger partial charge in [-0.3, -0.25) is 0 Å². The molecule has 2 aromatic rings. The third-order valence-electron chi connectivity index (χ3n) is 11.0. The molecule has 0 heterocycles. The van der Waals surface area contributed by atoms with E-state index in [0.29, 0.717) is 5.41 Å². The molecule has 3 saturated carbocycles. The van der Waals surface area contributed by atoms with Gasteiger partial charge >= 0.3 is 0 Å². The summed E-state index contributed by atoms with van der Waals surface area (Å²) in [6.07, 6.45) is 10.0. The fourth-order valence-electron chi connectivity index (χ4n) is 8.86. The van der Waals surface area contributed by atoms with E-state index >= 15 is 0 Å². The lowest BCUT2D eigenvalue weighted by molar-refractivity contribution is -0.139. The second-order valence-electron chi connectivity index (χ2n) is 12.2. The number of hydrogen-bond acceptors (Lipinski definition) is 1. The van der Waals surface area contributed by atoms with Gasteiger partial charge in [0.1, 0.15) is 0 Å². The lowest BCUT2D eigenvalue weighted by atomic mass is 9.44. The summed E-state index contributed by atoms with van der Waals surface area (Å²) < 4.78 is 0. The number of rotatable bonds is 1. The highest BCUT2D eigenvalue weighted by Crippen LogP contribution is 2.67. The summed E-state index contributed by atoms with van der Waals surface area (Å²) in [6, 6.07) is 18.1. The minimum Gasteiger partial charge on any atom is -0.390 e. The summed E-state index contributed by atoms with van der Waals surface area (Å²) in [5.74, 6) is 3.19. The van der Waals surface area contributed by atoms with E-state index < -0.39 is 5.60 Å². The van der Waals surface area contributed by atoms with Gasteiger partial charge in [0.05, 0.1) is 5.60 Å². The molecule has 0 radical (unpaired) electrons. The number of hydrogen-bond donors (Lipinski definition) is 1. The molecule has 4 aliphatic carbocycles. The molecule has 166 valence electrons. The maximum absolute atomic E-state index is 11.2. The molecule has 1 nitrogen and oxygen atoms in total. The Bertz CT molecular complexity index is 997. The van der Waals surface area contributed by atoms with Crippen LogP contribution in [0.1, 0.15) is 71.8 Å². The normalized spacial score (nSPS) is 43.5. The van der Waals surface area contributed by atoms with E-state index in [2.05, 4.69) is 69.3 Å². The quantitative estimate of drug-likeness (QED) is 0.517. The monoisotopic (exact) mass is 416 g/mol. The Kier molecular flexibility index (Phi) is 4.33. The van der Waals surface area contributed by atoms with E-state index in [-0.39, 0.29) is 6.84 Å². The summed E-state index contributed by atoms with van der Waals surface area (Å²) in [5.41, 5.74) is 6.01. The Labute approximate surface area is 189 Å². The molecule has 0 bridgehead atoms. The average molecular weight is 417 g/mol. The summed E-state index contributed by atoms with van der Waals surface area (Å²) in [7, 11) is 0. The highest BCUT2D eigenvalue weighted by Gasteiger charge is 2.63. The third kappa shape index (κ3) is 2.78. The fraction of sp³-hybridized carbons (Fsp3) is 0.600. The Hall–Kier alpha value is -1.60. The molecule has 0 spiro atoms. The van der Waals surface area contributed by atoms with Crippen LogP contribution < -0.4 is 0 Å². The van der Waals surface area contributed by atoms with Crippen LogP contribution in [0.5, 0.6) is 0 Å². The molecule has 2 aromatic carbocycles. The van der Waals surface area contributed by atoms with Crippen LogP contribution in [0.25, 0.3) is 11.1 Å². The van der Waals surface area contributed by atoms with Crippen LogP contribution in [0.2, 0.25) is 0 Å². The average Bonchev–Trinajstić information content (AvgIpc) is 3.01. The zero-order valence-electron chi connectivity index (χ0n) is 19.5. The SMILES string of the molecule is CC12Cc3ccc(-c4ccccc4)cc3CC1CCC1C2CCC2(C)C1CCC2(C)O.[HH]. The van der Waals surface area contributed by atoms with Gasteiger partial charge in [-0.05, 0) is 115 Å².